The van der Waals surface area contributed by atoms with Gasteiger partial charge in [0.15, 0.2) is 0 Å². The topological polar surface area (TPSA) is 39.3 Å². The Morgan fingerprint density at radius 1 is 0.692 bits per heavy atom. The molecule has 0 amide bonds. The number of hydrogen-bond donors (Lipinski definition) is 3. The number of para-hydroxylation sites is 1. The van der Waals surface area contributed by atoms with Gasteiger partial charge in [-0.25, -0.2) is 0 Å². The normalized spacial score (nSPS) is 35.5. The number of hydrogen-bond acceptors (Lipinski definition) is 4. The fraction of sp³-hybridized carbons (Fsp3) is 0.471. The average molecular weight is 517 g/mol. The van der Waals surface area contributed by atoms with Crippen LogP contribution in [0.15, 0.2) is 84.9 Å². The third kappa shape index (κ3) is 3.56. The summed E-state index contributed by atoms with van der Waals surface area (Å²) in [5.74, 6) is 1.73. The zero-order valence-electron chi connectivity index (χ0n) is 22.9. The molecule has 3 aromatic rings. The molecule has 1 spiro atoms. The lowest BCUT2D eigenvalue weighted by Crippen LogP contribution is -2.80. The molecule has 0 aromatic heterocycles. The molecule has 3 N–H and O–H groups in total. The van der Waals surface area contributed by atoms with Crippen LogP contribution in [0, 0.1) is 11.8 Å². The molecular weight excluding hydrogens is 475 g/mol. The second-order valence-corrected chi connectivity index (χ2v) is 12.7. The van der Waals surface area contributed by atoms with Crippen molar-refractivity contribution in [3.05, 3.63) is 90.5 Å². The molecule has 5 heteroatoms. The van der Waals surface area contributed by atoms with Crippen LogP contribution in [-0.4, -0.2) is 57.6 Å². The second kappa shape index (κ2) is 9.80. The van der Waals surface area contributed by atoms with E-state index in [2.05, 4.69) is 106 Å². The summed E-state index contributed by atoms with van der Waals surface area (Å²) >= 11 is 0. The van der Waals surface area contributed by atoms with E-state index in [1.165, 1.54) is 36.8 Å². The van der Waals surface area contributed by atoms with Crippen molar-refractivity contribution in [2.75, 3.05) is 37.6 Å². The fourth-order valence-corrected chi connectivity index (χ4v) is 10.1. The van der Waals surface area contributed by atoms with Gasteiger partial charge in [-0.05, 0) is 62.4 Å². The van der Waals surface area contributed by atoms with E-state index in [1.807, 2.05) is 0 Å². The Morgan fingerprint density at radius 2 is 1.33 bits per heavy atom. The highest BCUT2D eigenvalue weighted by molar-refractivity contribution is 6.87. The van der Waals surface area contributed by atoms with E-state index in [0.29, 0.717) is 42.5 Å². The number of piperidine rings is 4. The number of benzene rings is 3. The monoisotopic (exact) mass is 516 g/mol. The van der Waals surface area contributed by atoms with Crippen LogP contribution < -0.4 is 31.8 Å². The van der Waals surface area contributed by atoms with E-state index < -0.39 is 0 Å². The van der Waals surface area contributed by atoms with Crippen LogP contribution in [0.2, 0.25) is 5.82 Å². The third-order valence-electron chi connectivity index (χ3n) is 11.3. The standard InChI is InChI=1S/C34H41BN4/c1-3-10-24(11-4-1)35-29-15-8-7-14-26(29)34(33-30(35)16-9-19-38-33)27-22-36-20-17-31(27)39(25-12-5-2-6-13-25)32-18-21-37-23-28(32)34/h1-8,10-15,27-28,30-33,36-38H,9,16-23H2. The first-order valence-corrected chi connectivity index (χ1v) is 15.5. The van der Waals surface area contributed by atoms with Crippen molar-refractivity contribution in [2.24, 2.45) is 11.8 Å². The summed E-state index contributed by atoms with van der Waals surface area (Å²) in [5, 5.41) is 12.1. The maximum absolute atomic E-state index is 4.27. The Morgan fingerprint density at radius 3 is 2.05 bits per heavy atom. The summed E-state index contributed by atoms with van der Waals surface area (Å²) in [5.41, 5.74) is 6.29. The maximum atomic E-state index is 4.27. The van der Waals surface area contributed by atoms with Gasteiger partial charge in [0.2, 0.25) is 6.71 Å². The Bertz CT molecular complexity index is 1270. The Kier molecular flexibility index (Phi) is 6.08. The highest BCUT2D eigenvalue weighted by Crippen LogP contribution is 2.58. The highest BCUT2D eigenvalue weighted by atomic mass is 15.3. The first kappa shape index (κ1) is 24.2. The predicted molar refractivity (Wildman–Crippen MR) is 163 cm³/mol. The smallest absolute Gasteiger partial charge is 0.214 e. The summed E-state index contributed by atoms with van der Waals surface area (Å²) in [6.45, 7) is 6.05. The summed E-state index contributed by atoms with van der Waals surface area (Å²) < 4.78 is 0. The van der Waals surface area contributed by atoms with Crippen LogP contribution >= 0.6 is 0 Å². The molecule has 0 radical (unpaired) electrons. The molecule has 5 heterocycles. The average Bonchev–Trinajstić information content (AvgIpc) is 3.02. The van der Waals surface area contributed by atoms with Crippen LogP contribution in [-0.2, 0) is 5.41 Å². The van der Waals surface area contributed by atoms with Crippen molar-refractivity contribution in [2.45, 2.75) is 55.0 Å². The molecule has 200 valence electrons. The zero-order valence-corrected chi connectivity index (χ0v) is 22.9. The predicted octanol–water partition coefficient (Wildman–Crippen LogP) is 3.15. The van der Waals surface area contributed by atoms with E-state index in [-0.39, 0.29) is 5.41 Å². The van der Waals surface area contributed by atoms with Crippen LogP contribution in [0.4, 0.5) is 5.69 Å². The van der Waals surface area contributed by atoms with Gasteiger partial charge in [0.25, 0.3) is 0 Å². The number of anilines is 1. The first-order valence-electron chi connectivity index (χ1n) is 15.5. The minimum Gasteiger partial charge on any atom is -0.365 e. The van der Waals surface area contributed by atoms with Gasteiger partial charge < -0.3 is 20.9 Å². The first-order chi connectivity index (χ1) is 19.4. The summed E-state index contributed by atoms with van der Waals surface area (Å²) in [4.78, 5) is 2.91. The van der Waals surface area contributed by atoms with Gasteiger partial charge in [-0.3, -0.25) is 0 Å². The molecule has 0 saturated carbocycles. The van der Waals surface area contributed by atoms with Crippen molar-refractivity contribution in [3.63, 3.8) is 0 Å². The summed E-state index contributed by atoms with van der Waals surface area (Å²) in [6.07, 6.45) is 5.03. The number of rotatable bonds is 2. The molecule has 0 bridgehead atoms. The van der Waals surface area contributed by atoms with E-state index in [4.69, 9.17) is 0 Å². The Balaban J connectivity index is 1.38. The van der Waals surface area contributed by atoms with Crippen molar-refractivity contribution in [1.82, 2.24) is 16.0 Å². The van der Waals surface area contributed by atoms with E-state index in [9.17, 15) is 0 Å². The molecule has 4 saturated heterocycles. The van der Waals surface area contributed by atoms with Gasteiger partial charge in [0.05, 0.1) is 0 Å². The largest absolute Gasteiger partial charge is 0.365 e. The number of nitrogens with zero attached hydrogens (tertiary/aromatic N) is 1. The fourth-order valence-electron chi connectivity index (χ4n) is 10.1. The molecule has 39 heavy (non-hydrogen) atoms. The van der Waals surface area contributed by atoms with Crippen molar-refractivity contribution < 1.29 is 0 Å². The summed E-state index contributed by atoms with van der Waals surface area (Å²) in [6, 6.07) is 34.1. The number of fused-ring (bicyclic) bond motifs is 8. The van der Waals surface area contributed by atoms with E-state index >= 15 is 0 Å². The second-order valence-electron chi connectivity index (χ2n) is 12.7. The molecule has 4 nitrogen and oxygen atoms in total. The van der Waals surface area contributed by atoms with Gasteiger partial charge in [-0.2, -0.15) is 0 Å². The zero-order chi connectivity index (χ0) is 25.8. The minimum atomic E-state index is 0.106. The van der Waals surface area contributed by atoms with Crippen molar-refractivity contribution >= 4 is 23.3 Å². The third-order valence-corrected chi connectivity index (χ3v) is 11.3. The van der Waals surface area contributed by atoms with Crippen LogP contribution in [0.3, 0.4) is 0 Å². The lowest BCUT2D eigenvalue weighted by molar-refractivity contribution is -0.0000969. The molecule has 4 fully saturated rings. The van der Waals surface area contributed by atoms with Gasteiger partial charge >= 0.3 is 0 Å². The van der Waals surface area contributed by atoms with E-state index in [1.54, 1.807) is 11.0 Å². The van der Waals surface area contributed by atoms with Gasteiger partial charge in [-0.15, -0.1) is 0 Å². The molecule has 3 aromatic carbocycles. The Hall–Kier alpha value is -2.60. The molecule has 5 aliphatic rings. The minimum absolute atomic E-state index is 0.106. The van der Waals surface area contributed by atoms with Crippen LogP contribution in [0.5, 0.6) is 0 Å². The van der Waals surface area contributed by atoms with Gasteiger partial charge in [0.1, 0.15) is 0 Å². The molecule has 6 atom stereocenters. The quantitative estimate of drug-likeness (QED) is 0.458. The lowest BCUT2D eigenvalue weighted by Gasteiger charge is -2.69. The van der Waals surface area contributed by atoms with Gasteiger partial charge in [-0.1, -0.05) is 90.1 Å². The van der Waals surface area contributed by atoms with Gasteiger partial charge in [0, 0.05) is 54.2 Å². The number of nitrogens with one attached hydrogen (secondary N) is 3. The maximum Gasteiger partial charge on any atom is 0.214 e. The van der Waals surface area contributed by atoms with Crippen molar-refractivity contribution in [1.29, 1.82) is 0 Å². The molecule has 6 unspecified atom stereocenters. The lowest BCUT2D eigenvalue weighted by atomic mass is 9.24. The van der Waals surface area contributed by atoms with Crippen LogP contribution in [0.1, 0.15) is 31.2 Å². The van der Waals surface area contributed by atoms with E-state index in [0.717, 1.165) is 32.7 Å². The molecule has 8 rings (SSSR count). The summed E-state index contributed by atoms with van der Waals surface area (Å²) in [7, 11) is 0. The van der Waals surface area contributed by atoms with Crippen molar-refractivity contribution in [3.8, 4) is 0 Å². The highest BCUT2D eigenvalue weighted by Gasteiger charge is 2.67. The Labute approximate surface area is 234 Å². The SMILES string of the molecule is c1ccc(B2c3ccccc3C3(C4CNCCC4N(c4ccccc4)C4CCNCC43)C3NCCCC23)cc1. The molecule has 5 aliphatic heterocycles. The molecule has 0 aliphatic carbocycles. The molecular formula is C34H41BN4. The van der Waals surface area contributed by atoms with Crippen LogP contribution in [0.25, 0.3) is 0 Å².